The number of hydrogen-bond acceptors (Lipinski definition) is 8. The van der Waals surface area contributed by atoms with E-state index < -0.39 is 47.7 Å². The lowest BCUT2D eigenvalue weighted by Crippen LogP contribution is -2.58. The fourth-order valence-electron chi connectivity index (χ4n) is 3.98. The highest BCUT2D eigenvalue weighted by molar-refractivity contribution is 6.37. The number of ketones is 1. The third-order valence-corrected chi connectivity index (χ3v) is 6.14. The molecule has 0 saturated heterocycles. The second-order valence-corrected chi connectivity index (χ2v) is 10.4. The normalized spacial score (nSPS) is 13.1. The molecule has 1 aromatic heterocycles. The Labute approximate surface area is 240 Å². The number of carbonyl (C=O) groups excluding carboxylic acids is 5. The van der Waals surface area contributed by atoms with Crippen LogP contribution in [0.5, 0.6) is 0 Å². The zero-order valence-corrected chi connectivity index (χ0v) is 24.2. The van der Waals surface area contributed by atoms with Crippen LogP contribution in [0.15, 0.2) is 42.6 Å². The lowest BCUT2D eigenvalue weighted by molar-refractivity contribution is -0.139. The van der Waals surface area contributed by atoms with Crippen LogP contribution in [0.3, 0.4) is 0 Å². The third-order valence-electron chi connectivity index (χ3n) is 6.14. The van der Waals surface area contributed by atoms with Gasteiger partial charge in [-0.3, -0.25) is 19.2 Å². The summed E-state index contributed by atoms with van der Waals surface area (Å²) >= 11 is 0. The highest BCUT2D eigenvalue weighted by Gasteiger charge is 2.33. The molecule has 1 heterocycles. The summed E-state index contributed by atoms with van der Waals surface area (Å²) in [4.78, 5) is 71.9. The lowest BCUT2D eigenvalue weighted by Gasteiger charge is -2.27. The number of primary amides is 1. The number of alkyl carbamates (subject to hydrolysis) is 1. The average molecular weight is 569 g/mol. The Bertz CT molecular complexity index is 1200. The number of carbonyl (C=O) groups is 5. The summed E-state index contributed by atoms with van der Waals surface area (Å²) in [6.45, 7) is 9.11. The predicted molar refractivity (Wildman–Crippen MR) is 151 cm³/mol. The second kappa shape index (κ2) is 16.0. The maximum Gasteiger partial charge on any atom is 0.408 e. The Kier molecular flexibility index (Phi) is 12.9. The van der Waals surface area contributed by atoms with E-state index in [1.165, 1.54) is 6.20 Å². The topological polar surface area (TPSA) is 182 Å². The van der Waals surface area contributed by atoms with Crippen molar-refractivity contribution in [1.29, 1.82) is 0 Å². The van der Waals surface area contributed by atoms with Crippen molar-refractivity contribution in [3.05, 3.63) is 59.7 Å². The van der Waals surface area contributed by atoms with Crippen LogP contribution in [-0.2, 0) is 43.4 Å². The van der Waals surface area contributed by atoms with E-state index in [1.807, 2.05) is 39.0 Å². The van der Waals surface area contributed by atoms with E-state index in [2.05, 4.69) is 25.9 Å². The summed E-state index contributed by atoms with van der Waals surface area (Å²) in [6.07, 6.45) is 1.44. The highest BCUT2D eigenvalue weighted by atomic mass is 16.5. The maximum absolute atomic E-state index is 13.4. The summed E-state index contributed by atoms with van der Waals surface area (Å²) < 4.78 is 5.25. The maximum atomic E-state index is 13.4. The largest absolute Gasteiger partial charge is 0.445 e. The first-order valence-electron chi connectivity index (χ1n) is 13.6. The molecule has 0 aliphatic rings. The van der Waals surface area contributed by atoms with Crippen molar-refractivity contribution < 1.29 is 28.7 Å². The van der Waals surface area contributed by atoms with Gasteiger partial charge in [0.05, 0.1) is 0 Å². The predicted octanol–water partition coefficient (Wildman–Crippen LogP) is 1.60. The van der Waals surface area contributed by atoms with Crippen molar-refractivity contribution in [3.8, 4) is 0 Å². The molecule has 0 bridgehead atoms. The average Bonchev–Trinajstić information content (AvgIpc) is 2.93. The molecule has 0 aliphatic heterocycles. The Morgan fingerprint density at radius 2 is 1.56 bits per heavy atom. The van der Waals surface area contributed by atoms with Gasteiger partial charge in [0, 0.05) is 24.7 Å². The number of benzene rings is 1. The number of amides is 4. The SMILES string of the molecule is CCc1nccc(CC(NC(=O)C(CC(C)C)NC(=O)C(NC(=O)OCc2ccccc2)C(C)C)C(=O)C(N)=O)n1. The van der Waals surface area contributed by atoms with E-state index in [-0.39, 0.29) is 31.3 Å². The molecule has 4 amide bonds. The zero-order valence-electron chi connectivity index (χ0n) is 24.2. The molecule has 12 nitrogen and oxygen atoms in total. The number of ether oxygens (including phenoxy) is 1. The molecule has 0 aliphatic carbocycles. The molecular formula is C29H40N6O6. The highest BCUT2D eigenvalue weighted by Crippen LogP contribution is 2.10. The Hall–Kier alpha value is -4.35. The van der Waals surface area contributed by atoms with Crippen LogP contribution in [0.25, 0.3) is 0 Å². The van der Waals surface area contributed by atoms with Crippen LogP contribution in [0.4, 0.5) is 4.79 Å². The van der Waals surface area contributed by atoms with Crippen LogP contribution >= 0.6 is 0 Å². The molecular weight excluding hydrogens is 528 g/mol. The van der Waals surface area contributed by atoms with Gasteiger partial charge in [-0.25, -0.2) is 14.8 Å². The smallest absolute Gasteiger partial charge is 0.408 e. The number of nitrogens with two attached hydrogens (primary N) is 1. The van der Waals surface area contributed by atoms with E-state index >= 15 is 0 Å². The number of nitrogens with one attached hydrogen (secondary N) is 3. The number of rotatable bonds is 15. The summed E-state index contributed by atoms with van der Waals surface area (Å²) in [7, 11) is 0. The number of nitrogens with zero attached hydrogens (tertiary/aromatic N) is 2. The van der Waals surface area contributed by atoms with Crippen LogP contribution in [-0.4, -0.2) is 57.7 Å². The van der Waals surface area contributed by atoms with Crippen molar-refractivity contribution in [3.63, 3.8) is 0 Å². The zero-order chi connectivity index (χ0) is 30.5. The van der Waals surface area contributed by atoms with Gasteiger partial charge in [-0.05, 0) is 29.9 Å². The minimum absolute atomic E-state index is 0.0217. The monoisotopic (exact) mass is 568 g/mol. The standard InChI is InChI=1S/C29H40N6O6/c1-6-23-31-13-12-20(32-23)15-21(25(36)26(30)37)33-27(38)22(14-17(2)3)34-28(39)24(18(4)5)35-29(40)41-16-19-10-8-7-9-11-19/h7-13,17-18,21-22,24H,6,14-16H2,1-5H3,(H2,30,37)(H,33,38)(H,34,39)(H,35,40). The van der Waals surface area contributed by atoms with Gasteiger partial charge in [-0.15, -0.1) is 0 Å². The Balaban J connectivity index is 2.15. The summed E-state index contributed by atoms with van der Waals surface area (Å²) in [5.74, 6) is -3.29. The van der Waals surface area contributed by atoms with E-state index in [1.54, 1.807) is 32.0 Å². The second-order valence-electron chi connectivity index (χ2n) is 10.4. The fraction of sp³-hybridized carbons (Fsp3) is 0.483. The van der Waals surface area contributed by atoms with Gasteiger partial charge >= 0.3 is 6.09 Å². The van der Waals surface area contributed by atoms with Gasteiger partial charge in [-0.2, -0.15) is 0 Å². The molecule has 0 spiro atoms. The van der Waals surface area contributed by atoms with Crippen molar-refractivity contribution in [2.24, 2.45) is 17.6 Å². The van der Waals surface area contributed by atoms with E-state index in [0.29, 0.717) is 17.9 Å². The Morgan fingerprint density at radius 3 is 2.15 bits per heavy atom. The molecule has 2 rings (SSSR count). The van der Waals surface area contributed by atoms with Crippen molar-refractivity contribution in [2.75, 3.05) is 0 Å². The van der Waals surface area contributed by atoms with Crippen LogP contribution in [0, 0.1) is 11.8 Å². The third kappa shape index (κ3) is 11.0. The van der Waals surface area contributed by atoms with Gasteiger partial charge in [0.15, 0.2) is 0 Å². The minimum Gasteiger partial charge on any atom is -0.445 e. The first-order chi connectivity index (χ1) is 19.4. The van der Waals surface area contributed by atoms with Crippen LogP contribution < -0.4 is 21.7 Å². The molecule has 0 fully saturated rings. The van der Waals surface area contributed by atoms with Gasteiger partial charge < -0.3 is 26.4 Å². The molecule has 222 valence electrons. The van der Waals surface area contributed by atoms with E-state index in [9.17, 15) is 24.0 Å². The molecule has 0 radical (unpaired) electrons. The first-order valence-corrected chi connectivity index (χ1v) is 13.6. The quantitative estimate of drug-likeness (QED) is 0.234. The summed E-state index contributed by atoms with van der Waals surface area (Å²) in [6, 6.07) is 7.31. The van der Waals surface area contributed by atoms with Gasteiger partial charge in [0.25, 0.3) is 5.91 Å². The lowest BCUT2D eigenvalue weighted by atomic mass is 9.99. The van der Waals surface area contributed by atoms with E-state index in [4.69, 9.17) is 10.5 Å². The molecule has 3 atom stereocenters. The summed E-state index contributed by atoms with van der Waals surface area (Å²) in [5, 5.41) is 7.82. The molecule has 2 aromatic rings. The van der Waals surface area contributed by atoms with Gasteiger partial charge in [0.1, 0.15) is 30.6 Å². The Morgan fingerprint density at radius 1 is 0.902 bits per heavy atom. The van der Waals surface area contributed by atoms with Gasteiger partial charge in [-0.1, -0.05) is 65.0 Å². The number of aromatic nitrogens is 2. The fourth-order valence-corrected chi connectivity index (χ4v) is 3.98. The van der Waals surface area contributed by atoms with E-state index in [0.717, 1.165) is 5.56 Å². The molecule has 3 unspecified atom stereocenters. The van der Waals surface area contributed by atoms with Gasteiger partial charge in [0.2, 0.25) is 17.6 Å². The van der Waals surface area contributed by atoms with Crippen molar-refractivity contribution in [1.82, 2.24) is 25.9 Å². The molecule has 0 saturated carbocycles. The molecule has 12 heteroatoms. The number of aryl methyl sites for hydroxylation is 1. The molecule has 1 aromatic carbocycles. The van der Waals surface area contributed by atoms with Crippen LogP contribution in [0.1, 0.15) is 58.1 Å². The molecule has 5 N–H and O–H groups in total. The molecule has 41 heavy (non-hydrogen) atoms. The minimum atomic E-state index is -1.29. The number of Topliss-reactive ketones (excluding diaryl/α,β-unsaturated/α-hetero) is 1. The first kappa shape index (κ1) is 32.9. The van der Waals surface area contributed by atoms with Crippen LogP contribution in [0.2, 0.25) is 0 Å². The van der Waals surface area contributed by atoms with Crippen molar-refractivity contribution >= 4 is 29.6 Å². The van der Waals surface area contributed by atoms with Crippen molar-refractivity contribution in [2.45, 2.75) is 78.6 Å². The number of hydrogen-bond donors (Lipinski definition) is 4. The summed E-state index contributed by atoms with van der Waals surface area (Å²) in [5.41, 5.74) is 6.48.